The molecule has 0 aliphatic carbocycles. The molecule has 0 fully saturated rings. The topological polar surface area (TPSA) is 66.4 Å². The Morgan fingerprint density at radius 3 is 2.12 bits per heavy atom. The zero-order valence-corrected chi connectivity index (χ0v) is 19.2. The fourth-order valence-electron chi connectivity index (χ4n) is 3.57. The van der Waals surface area contributed by atoms with Gasteiger partial charge in [0, 0.05) is 4.32 Å². The molecule has 2 N–H and O–H groups in total. The van der Waals surface area contributed by atoms with Gasteiger partial charge in [0.05, 0.1) is 16.5 Å². The lowest BCUT2D eigenvalue weighted by Crippen LogP contribution is -2.58. The van der Waals surface area contributed by atoms with Crippen LogP contribution < -0.4 is 4.72 Å². The Bertz CT molecular complexity index is 655. The molecule has 0 bridgehead atoms. The van der Waals surface area contributed by atoms with Crippen molar-refractivity contribution in [1.29, 1.82) is 0 Å². The third kappa shape index (κ3) is 6.95. The molecule has 0 aliphatic rings. The Morgan fingerprint density at radius 1 is 1.15 bits per heavy atom. The molecule has 0 aromatic heterocycles. The average Bonchev–Trinajstić information content (AvgIpc) is 2.50. The van der Waals surface area contributed by atoms with Crippen LogP contribution >= 0.6 is 15.9 Å². The first-order chi connectivity index (χ1) is 11.8. The van der Waals surface area contributed by atoms with Crippen LogP contribution in [0.25, 0.3) is 0 Å². The van der Waals surface area contributed by atoms with Gasteiger partial charge in [-0.1, -0.05) is 68.2 Å². The number of rotatable bonds is 10. The maximum atomic E-state index is 12.9. The lowest BCUT2D eigenvalue weighted by Gasteiger charge is -2.43. The molecule has 1 unspecified atom stereocenters. The molecule has 3 atom stereocenters. The standard InChI is InChI=1S/C20H34BrNO3S/c1-7-16(4)18(20(23,13-15(2)3)14-19(5,6)21)22-26(24,25)17-11-9-8-10-12-17/h8-12,15-16,18,22-23H,7,13-14H2,1-6H3/t16-,18-,20?/m0/s1. The van der Waals surface area contributed by atoms with Gasteiger partial charge < -0.3 is 5.11 Å². The van der Waals surface area contributed by atoms with E-state index in [2.05, 4.69) is 20.7 Å². The van der Waals surface area contributed by atoms with Crippen molar-refractivity contribution in [2.45, 2.75) is 81.7 Å². The summed E-state index contributed by atoms with van der Waals surface area (Å²) in [5.41, 5.74) is -1.15. The summed E-state index contributed by atoms with van der Waals surface area (Å²) in [5, 5.41) is 11.6. The van der Waals surface area contributed by atoms with Gasteiger partial charge in [0.1, 0.15) is 0 Å². The first-order valence-electron chi connectivity index (χ1n) is 9.29. The van der Waals surface area contributed by atoms with Gasteiger partial charge >= 0.3 is 0 Å². The first-order valence-corrected chi connectivity index (χ1v) is 11.6. The summed E-state index contributed by atoms with van der Waals surface area (Å²) in [6, 6.07) is 7.77. The van der Waals surface area contributed by atoms with Gasteiger partial charge in [-0.2, -0.15) is 0 Å². The van der Waals surface area contributed by atoms with E-state index in [1.807, 2.05) is 41.5 Å². The SMILES string of the molecule is CC[C@H](C)[C@H](NS(=O)(=O)c1ccccc1)C(O)(CC(C)C)CC(C)(C)Br. The molecule has 0 saturated heterocycles. The van der Waals surface area contributed by atoms with Crippen molar-refractivity contribution < 1.29 is 13.5 Å². The fourth-order valence-corrected chi connectivity index (χ4v) is 5.49. The van der Waals surface area contributed by atoms with Crippen molar-refractivity contribution in [2.24, 2.45) is 11.8 Å². The molecule has 26 heavy (non-hydrogen) atoms. The van der Waals surface area contributed by atoms with Gasteiger partial charge in [0.2, 0.25) is 10.0 Å². The predicted octanol–water partition coefficient (Wildman–Crippen LogP) is 4.72. The minimum Gasteiger partial charge on any atom is -0.388 e. The van der Waals surface area contributed by atoms with E-state index in [4.69, 9.17) is 0 Å². The predicted molar refractivity (Wildman–Crippen MR) is 112 cm³/mol. The zero-order valence-electron chi connectivity index (χ0n) is 16.8. The number of aliphatic hydroxyl groups is 1. The van der Waals surface area contributed by atoms with E-state index in [0.717, 1.165) is 6.42 Å². The largest absolute Gasteiger partial charge is 0.388 e. The van der Waals surface area contributed by atoms with E-state index in [9.17, 15) is 13.5 Å². The van der Waals surface area contributed by atoms with E-state index in [1.165, 1.54) is 0 Å². The highest BCUT2D eigenvalue weighted by Gasteiger charge is 2.44. The Balaban J connectivity index is 3.32. The fraction of sp³-hybridized carbons (Fsp3) is 0.700. The first kappa shape index (κ1) is 23.6. The van der Waals surface area contributed by atoms with Crippen LogP contribution in [0.3, 0.4) is 0 Å². The number of halogens is 1. The summed E-state index contributed by atoms with van der Waals surface area (Å²) >= 11 is 3.63. The second-order valence-corrected chi connectivity index (χ2v) is 12.3. The van der Waals surface area contributed by atoms with Crippen LogP contribution in [0.15, 0.2) is 35.2 Å². The molecule has 1 aromatic carbocycles. The Hall–Kier alpha value is -0.430. The molecule has 0 heterocycles. The molecule has 0 spiro atoms. The summed E-state index contributed by atoms with van der Waals surface area (Å²) in [5.74, 6) is 0.231. The molecule has 0 radical (unpaired) electrons. The minimum absolute atomic E-state index is 0.00733. The summed E-state index contributed by atoms with van der Waals surface area (Å²) in [6.07, 6.45) is 1.74. The highest BCUT2D eigenvalue weighted by Crippen LogP contribution is 2.37. The van der Waals surface area contributed by atoms with Crippen LogP contribution in [-0.2, 0) is 10.0 Å². The second kappa shape index (κ2) is 9.18. The molecule has 150 valence electrons. The van der Waals surface area contributed by atoms with E-state index < -0.39 is 21.7 Å². The van der Waals surface area contributed by atoms with Crippen molar-refractivity contribution in [1.82, 2.24) is 4.72 Å². The summed E-state index contributed by atoms with van der Waals surface area (Å²) in [4.78, 5) is 0.221. The normalized spacial score (nSPS) is 17.7. The second-order valence-electron chi connectivity index (χ2n) is 8.39. The zero-order chi connectivity index (χ0) is 20.2. The van der Waals surface area contributed by atoms with Crippen LogP contribution in [0, 0.1) is 11.8 Å². The highest BCUT2D eigenvalue weighted by atomic mass is 79.9. The molecule has 0 saturated carbocycles. The molecular weight excluding hydrogens is 414 g/mol. The lowest BCUT2D eigenvalue weighted by molar-refractivity contribution is -0.0384. The Kier molecular flexibility index (Phi) is 8.33. The van der Waals surface area contributed by atoms with Gasteiger partial charge in [-0.15, -0.1) is 0 Å². The molecule has 1 rings (SSSR count). The van der Waals surface area contributed by atoms with Crippen molar-refractivity contribution in [3.63, 3.8) is 0 Å². The summed E-state index contributed by atoms with van der Waals surface area (Å²) in [7, 11) is -3.71. The van der Waals surface area contributed by atoms with Crippen LogP contribution in [0.4, 0.5) is 0 Å². The molecule has 1 aromatic rings. The monoisotopic (exact) mass is 447 g/mol. The molecule has 0 amide bonds. The summed E-state index contributed by atoms with van der Waals surface area (Å²) < 4.78 is 28.4. The summed E-state index contributed by atoms with van der Waals surface area (Å²) in [6.45, 7) is 12.1. The molecular formula is C20H34BrNO3S. The minimum atomic E-state index is -3.71. The Morgan fingerprint density at radius 2 is 1.69 bits per heavy atom. The van der Waals surface area contributed by atoms with Crippen LogP contribution in [0.1, 0.15) is 60.8 Å². The van der Waals surface area contributed by atoms with Crippen molar-refractivity contribution in [3.05, 3.63) is 30.3 Å². The van der Waals surface area contributed by atoms with Gasteiger partial charge in [0.25, 0.3) is 0 Å². The highest BCUT2D eigenvalue weighted by molar-refractivity contribution is 9.10. The van der Waals surface area contributed by atoms with Gasteiger partial charge in [-0.05, 0) is 50.7 Å². The smallest absolute Gasteiger partial charge is 0.240 e. The average molecular weight is 448 g/mol. The van der Waals surface area contributed by atoms with E-state index in [1.54, 1.807) is 30.3 Å². The number of benzene rings is 1. The third-order valence-electron chi connectivity index (χ3n) is 4.62. The Labute approximate surface area is 168 Å². The number of hydrogen-bond acceptors (Lipinski definition) is 3. The van der Waals surface area contributed by atoms with Crippen molar-refractivity contribution >= 4 is 26.0 Å². The molecule has 0 aliphatic heterocycles. The number of hydrogen-bond donors (Lipinski definition) is 2. The van der Waals surface area contributed by atoms with E-state index >= 15 is 0 Å². The van der Waals surface area contributed by atoms with Gasteiger partial charge in [0.15, 0.2) is 0 Å². The van der Waals surface area contributed by atoms with Crippen LogP contribution in [0.5, 0.6) is 0 Å². The van der Waals surface area contributed by atoms with E-state index in [0.29, 0.717) is 12.8 Å². The molecule has 6 heteroatoms. The van der Waals surface area contributed by atoms with Crippen LogP contribution in [0.2, 0.25) is 0 Å². The maximum Gasteiger partial charge on any atom is 0.240 e. The van der Waals surface area contributed by atoms with Crippen molar-refractivity contribution in [3.8, 4) is 0 Å². The van der Waals surface area contributed by atoms with Crippen molar-refractivity contribution in [2.75, 3.05) is 0 Å². The quantitative estimate of drug-likeness (QED) is 0.509. The number of nitrogens with one attached hydrogen (secondary N) is 1. The number of alkyl halides is 1. The molecule has 4 nitrogen and oxygen atoms in total. The maximum absolute atomic E-state index is 12.9. The van der Waals surface area contributed by atoms with Crippen LogP contribution in [-0.4, -0.2) is 29.5 Å². The number of sulfonamides is 1. The van der Waals surface area contributed by atoms with Gasteiger partial charge in [-0.3, -0.25) is 0 Å². The third-order valence-corrected chi connectivity index (χ3v) is 6.35. The lowest BCUT2D eigenvalue weighted by atomic mass is 9.75. The van der Waals surface area contributed by atoms with Gasteiger partial charge in [-0.25, -0.2) is 13.1 Å². The van der Waals surface area contributed by atoms with E-state index in [-0.39, 0.29) is 21.1 Å².